The second kappa shape index (κ2) is 10.3. The monoisotopic (exact) mass is 488 g/mol. The van der Waals surface area contributed by atoms with Gasteiger partial charge in [0.05, 0.1) is 30.3 Å². The minimum Gasteiger partial charge on any atom is -0.489 e. The molecule has 34 heavy (non-hydrogen) atoms. The maximum atomic E-state index is 14.1. The number of aromatic nitrogens is 2. The second-order valence-corrected chi connectivity index (χ2v) is 9.44. The van der Waals surface area contributed by atoms with E-state index in [9.17, 15) is 9.18 Å². The van der Waals surface area contributed by atoms with Gasteiger partial charge in [0.2, 0.25) is 0 Å². The number of halogens is 2. The molecule has 0 spiro atoms. The van der Waals surface area contributed by atoms with Crippen LogP contribution in [0.15, 0.2) is 23.9 Å². The van der Waals surface area contributed by atoms with Crippen LogP contribution in [0.4, 0.5) is 4.39 Å². The second-order valence-electron chi connectivity index (χ2n) is 9.06. The number of nitrogens with two attached hydrogens (primary N) is 1. The number of H-pyrrole nitrogens is 1. The summed E-state index contributed by atoms with van der Waals surface area (Å²) in [5.41, 5.74) is 9.43. The first kappa shape index (κ1) is 24.4. The van der Waals surface area contributed by atoms with Gasteiger partial charge in [0.1, 0.15) is 22.3 Å². The van der Waals surface area contributed by atoms with Crippen LogP contribution >= 0.6 is 11.6 Å². The molecule has 1 amide bonds. The van der Waals surface area contributed by atoms with E-state index >= 15 is 0 Å². The average Bonchev–Trinajstić information content (AvgIpc) is 3.20. The number of carbonyl (C=O) groups excluding carboxylic acids is 1. The van der Waals surface area contributed by atoms with Crippen molar-refractivity contribution in [3.63, 3.8) is 0 Å². The smallest absolute Gasteiger partial charge is 0.328 e. The van der Waals surface area contributed by atoms with Crippen LogP contribution in [-0.4, -0.2) is 47.6 Å². The summed E-state index contributed by atoms with van der Waals surface area (Å²) in [5, 5.41) is 4.04. The summed E-state index contributed by atoms with van der Waals surface area (Å²) < 4.78 is 20.3. The minimum atomic E-state index is -0.432. The number of carbonyl (C=O) groups is 1. The lowest BCUT2D eigenvalue weighted by atomic mass is 9.93. The van der Waals surface area contributed by atoms with Crippen molar-refractivity contribution in [3.8, 4) is 5.75 Å². The molecule has 9 heteroatoms. The SMILES string of the molecule is CCNC1CCC(Oc2cc(F)ccc2C(=O)N2CC(N)=C(c3nc(C)c(Cl)c(C)[nH+]3)C2)CC1. The molecule has 2 heterocycles. The Balaban J connectivity index is 1.50. The predicted molar refractivity (Wildman–Crippen MR) is 129 cm³/mol. The van der Waals surface area contributed by atoms with Crippen molar-refractivity contribution in [1.82, 2.24) is 15.2 Å². The molecule has 1 aromatic carbocycles. The Labute approximate surface area is 204 Å². The first-order chi connectivity index (χ1) is 16.3. The lowest BCUT2D eigenvalue weighted by Crippen LogP contribution is -2.36. The molecule has 1 aliphatic heterocycles. The molecule has 0 unspecified atom stereocenters. The summed E-state index contributed by atoms with van der Waals surface area (Å²) in [6.45, 7) is 7.28. The first-order valence-electron chi connectivity index (χ1n) is 11.8. The number of benzene rings is 1. The average molecular weight is 489 g/mol. The van der Waals surface area contributed by atoms with Crippen LogP contribution in [0, 0.1) is 19.7 Å². The van der Waals surface area contributed by atoms with Crippen LogP contribution in [-0.2, 0) is 0 Å². The van der Waals surface area contributed by atoms with Gasteiger partial charge < -0.3 is 20.7 Å². The van der Waals surface area contributed by atoms with E-state index in [1.165, 1.54) is 18.2 Å². The highest BCUT2D eigenvalue weighted by molar-refractivity contribution is 6.31. The Morgan fingerprint density at radius 1 is 1.29 bits per heavy atom. The number of aromatic amines is 1. The summed E-state index contributed by atoms with van der Waals surface area (Å²) in [6.07, 6.45) is 3.67. The van der Waals surface area contributed by atoms with Gasteiger partial charge in [0, 0.05) is 24.7 Å². The van der Waals surface area contributed by atoms with E-state index in [2.05, 4.69) is 22.2 Å². The summed E-state index contributed by atoms with van der Waals surface area (Å²) in [6, 6.07) is 4.57. The molecule has 2 aliphatic rings. The minimum absolute atomic E-state index is 0.0422. The Bertz CT molecular complexity index is 1090. The molecule has 1 saturated carbocycles. The van der Waals surface area contributed by atoms with Crippen LogP contribution in [0.25, 0.3) is 5.57 Å². The van der Waals surface area contributed by atoms with Crippen LogP contribution in [0.5, 0.6) is 5.75 Å². The van der Waals surface area contributed by atoms with Gasteiger partial charge in [-0.1, -0.05) is 18.5 Å². The number of rotatable bonds is 6. The topological polar surface area (TPSA) is 94.6 Å². The van der Waals surface area contributed by atoms with Crippen LogP contribution in [0.3, 0.4) is 0 Å². The molecule has 1 fully saturated rings. The van der Waals surface area contributed by atoms with Crippen molar-refractivity contribution in [2.24, 2.45) is 5.73 Å². The van der Waals surface area contributed by atoms with E-state index in [-0.39, 0.29) is 24.3 Å². The highest BCUT2D eigenvalue weighted by Crippen LogP contribution is 2.30. The Morgan fingerprint density at radius 2 is 2.03 bits per heavy atom. The number of nitrogens with one attached hydrogen (secondary N) is 2. The van der Waals surface area contributed by atoms with E-state index in [0.717, 1.165) is 43.5 Å². The van der Waals surface area contributed by atoms with Gasteiger partial charge in [0.15, 0.2) is 5.69 Å². The number of hydrogen-bond donors (Lipinski definition) is 2. The normalized spacial score (nSPS) is 20.7. The van der Waals surface area contributed by atoms with E-state index in [4.69, 9.17) is 22.1 Å². The molecule has 1 aromatic heterocycles. The third-order valence-corrected chi connectivity index (χ3v) is 7.09. The molecule has 182 valence electrons. The summed E-state index contributed by atoms with van der Waals surface area (Å²) >= 11 is 6.23. The Morgan fingerprint density at radius 3 is 2.71 bits per heavy atom. The molecular formula is C25H32ClFN5O2+. The van der Waals surface area contributed by atoms with E-state index in [1.807, 2.05) is 13.8 Å². The van der Waals surface area contributed by atoms with Gasteiger partial charge >= 0.3 is 5.82 Å². The molecule has 0 saturated heterocycles. The zero-order valence-electron chi connectivity index (χ0n) is 19.9. The van der Waals surface area contributed by atoms with Crippen molar-refractivity contribution in [3.05, 3.63) is 57.5 Å². The molecular weight excluding hydrogens is 457 g/mol. The third kappa shape index (κ3) is 5.18. The van der Waals surface area contributed by atoms with Crippen molar-refractivity contribution < 1.29 is 18.9 Å². The standard InChI is InChI=1S/C25H31ClFN5O2/c1-4-29-17-6-8-18(9-7-17)34-22-11-16(27)5-10-19(22)25(33)32-12-20(21(28)13-32)24-30-14(2)23(26)15(3)31-24/h5,10-11,17-18,29H,4,6-9,12-13,28H2,1-3H3/p+1. The number of hydrogen-bond acceptors (Lipinski definition) is 5. The lowest BCUT2D eigenvalue weighted by Gasteiger charge is -2.30. The number of aryl methyl sites for hydroxylation is 2. The van der Waals surface area contributed by atoms with Gasteiger partial charge in [-0.3, -0.25) is 4.79 Å². The van der Waals surface area contributed by atoms with Crippen molar-refractivity contribution in [2.45, 2.75) is 58.6 Å². The van der Waals surface area contributed by atoms with Gasteiger partial charge in [-0.05, 0) is 56.3 Å². The van der Waals surface area contributed by atoms with Gasteiger partial charge in [-0.2, -0.15) is 0 Å². The summed E-state index contributed by atoms with van der Waals surface area (Å²) in [4.78, 5) is 22.8. The summed E-state index contributed by atoms with van der Waals surface area (Å²) in [5.74, 6) is 0.197. The van der Waals surface area contributed by atoms with Crippen molar-refractivity contribution >= 4 is 23.1 Å². The van der Waals surface area contributed by atoms with Gasteiger partial charge in [-0.15, -0.1) is 0 Å². The molecule has 0 bridgehead atoms. The Hall–Kier alpha value is -2.71. The molecule has 4 N–H and O–H groups in total. The Kier molecular flexibility index (Phi) is 7.38. The fourth-order valence-corrected chi connectivity index (χ4v) is 4.79. The fourth-order valence-electron chi connectivity index (χ4n) is 4.71. The number of nitrogens with zero attached hydrogens (tertiary/aromatic N) is 2. The van der Waals surface area contributed by atoms with Gasteiger partial charge in [0.25, 0.3) is 5.91 Å². The highest BCUT2D eigenvalue weighted by Gasteiger charge is 2.33. The van der Waals surface area contributed by atoms with E-state index in [1.54, 1.807) is 4.90 Å². The number of amides is 1. The van der Waals surface area contributed by atoms with Crippen LogP contribution in [0.1, 0.15) is 60.2 Å². The molecule has 4 rings (SSSR count). The van der Waals surface area contributed by atoms with Crippen molar-refractivity contribution in [1.29, 1.82) is 0 Å². The zero-order valence-corrected chi connectivity index (χ0v) is 20.6. The molecule has 0 atom stereocenters. The largest absolute Gasteiger partial charge is 0.489 e. The number of ether oxygens (including phenoxy) is 1. The zero-order chi connectivity index (χ0) is 24.4. The lowest BCUT2D eigenvalue weighted by molar-refractivity contribution is -0.396. The predicted octanol–water partition coefficient (Wildman–Crippen LogP) is 3.43. The van der Waals surface area contributed by atoms with Crippen LogP contribution in [0.2, 0.25) is 5.02 Å². The maximum absolute atomic E-state index is 14.1. The molecule has 2 aromatic rings. The first-order valence-corrected chi connectivity index (χ1v) is 12.2. The van der Waals surface area contributed by atoms with Crippen molar-refractivity contribution in [2.75, 3.05) is 19.6 Å². The molecule has 7 nitrogen and oxygen atoms in total. The van der Waals surface area contributed by atoms with E-state index in [0.29, 0.717) is 40.4 Å². The van der Waals surface area contributed by atoms with Gasteiger partial charge in [-0.25, -0.2) is 9.37 Å². The fraction of sp³-hybridized carbons (Fsp3) is 0.480. The summed E-state index contributed by atoms with van der Waals surface area (Å²) in [7, 11) is 0. The highest BCUT2D eigenvalue weighted by atomic mass is 35.5. The van der Waals surface area contributed by atoms with E-state index < -0.39 is 5.82 Å². The molecule has 0 radical (unpaired) electrons. The van der Waals surface area contributed by atoms with Crippen LogP contribution < -0.4 is 20.8 Å². The molecule has 1 aliphatic carbocycles. The quantitative estimate of drug-likeness (QED) is 0.649. The third-order valence-electron chi connectivity index (χ3n) is 6.54. The maximum Gasteiger partial charge on any atom is 0.328 e.